The van der Waals surface area contributed by atoms with Crippen molar-refractivity contribution in [1.29, 1.82) is 0 Å². The fourth-order valence-corrected chi connectivity index (χ4v) is 3.62. The van der Waals surface area contributed by atoms with Crippen molar-refractivity contribution < 1.29 is 14.3 Å². The van der Waals surface area contributed by atoms with Crippen LogP contribution < -0.4 is 4.90 Å². The monoisotopic (exact) mass is 345 g/mol. The first-order valence-electron chi connectivity index (χ1n) is 9.36. The van der Waals surface area contributed by atoms with Crippen molar-refractivity contribution in [2.75, 3.05) is 37.7 Å². The van der Waals surface area contributed by atoms with Crippen molar-refractivity contribution in [3.8, 4) is 0 Å². The van der Waals surface area contributed by atoms with E-state index >= 15 is 0 Å². The molecule has 6 heteroatoms. The number of carbonyl (C=O) groups excluding carboxylic acids is 2. The minimum Gasteiger partial charge on any atom is -0.466 e. The van der Waals surface area contributed by atoms with Gasteiger partial charge in [0, 0.05) is 32.4 Å². The topological polar surface area (TPSA) is 62.7 Å². The molecule has 0 aromatic carbocycles. The van der Waals surface area contributed by atoms with E-state index in [2.05, 4.69) is 9.88 Å². The summed E-state index contributed by atoms with van der Waals surface area (Å²) in [6.07, 6.45) is 6.96. The summed E-state index contributed by atoms with van der Waals surface area (Å²) in [5, 5.41) is 0. The molecule has 136 valence electrons. The zero-order valence-corrected chi connectivity index (χ0v) is 14.9. The normalized spacial score (nSPS) is 21.1. The first kappa shape index (κ1) is 17.7. The molecule has 0 saturated carbocycles. The summed E-state index contributed by atoms with van der Waals surface area (Å²) in [6, 6.07) is 3.79. The van der Waals surface area contributed by atoms with Gasteiger partial charge in [-0.3, -0.25) is 9.59 Å². The van der Waals surface area contributed by atoms with Crippen molar-refractivity contribution in [2.45, 2.75) is 39.0 Å². The Bertz CT molecular complexity index is 596. The van der Waals surface area contributed by atoms with E-state index in [0.29, 0.717) is 25.3 Å². The number of hydrogen-bond acceptors (Lipinski definition) is 5. The standard InChI is InChI=1S/C19H27N3O3/c1-2-25-19(24)16-7-6-12-22(14-16)18(23)15-8-9-17(20-13-15)21-10-4-3-5-11-21/h8-9,13,16H,2-7,10-12,14H2,1H3. The Kier molecular flexibility index (Phi) is 5.89. The molecule has 1 unspecified atom stereocenters. The van der Waals surface area contributed by atoms with Crippen LogP contribution in [0.4, 0.5) is 5.82 Å². The number of piperidine rings is 2. The van der Waals surface area contributed by atoms with Crippen LogP contribution in [-0.2, 0) is 9.53 Å². The molecule has 0 bridgehead atoms. The predicted molar refractivity (Wildman–Crippen MR) is 95.6 cm³/mol. The molecular weight excluding hydrogens is 318 g/mol. The molecule has 2 aliphatic heterocycles. The van der Waals surface area contributed by atoms with E-state index in [-0.39, 0.29) is 17.8 Å². The van der Waals surface area contributed by atoms with Crippen molar-refractivity contribution >= 4 is 17.7 Å². The molecule has 0 aliphatic carbocycles. The minimum atomic E-state index is -0.210. The summed E-state index contributed by atoms with van der Waals surface area (Å²) < 4.78 is 5.10. The summed E-state index contributed by atoms with van der Waals surface area (Å²) in [6.45, 7) is 5.37. The Balaban J connectivity index is 1.62. The van der Waals surface area contributed by atoms with Crippen molar-refractivity contribution in [2.24, 2.45) is 5.92 Å². The maximum atomic E-state index is 12.7. The molecule has 6 nitrogen and oxygen atoms in total. The third kappa shape index (κ3) is 4.30. The number of hydrogen-bond donors (Lipinski definition) is 0. The van der Waals surface area contributed by atoms with Crippen LogP contribution in [0.1, 0.15) is 49.4 Å². The molecular formula is C19H27N3O3. The van der Waals surface area contributed by atoms with E-state index in [9.17, 15) is 9.59 Å². The molecule has 3 heterocycles. The van der Waals surface area contributed by atoms with Gasteiger partial charge in [0.2, 0.25) is 0 Å². The van der Waals surface area contributed by atoms with E-state index in [1.165, 1.54) is 19.3 Å². The van der Waals surface area contributed by atoms with Gasteiger partial charge in [-0.25, -0.2) is 4.98 Å². The molecule has 0 radical (unpaired) electrons. The van der Waals surface area contributed by atoms with Gasteiger partial charge >= 0.3 is 5.97 Å². The summed E-state index contributed by atoms with van der Waals surface area (Å²) in [5.41, 5.74) is 0.588. The number of ether oxygens (including phenoxy) is 1. The molecule has 2 saturated heterocycles. The molecule has 1 aromatic heterocycles. The van der Waals surface area contributed by atoms with Crippen LogP contribution >= 0.6 is 0 Å². The third-order valence-corrected chi connectivity index (χ3v) is 5.00. The van der Waals surface area contributed by atoms with Crippen LogP contribution in [0.25, 0.3) is 0 Å². The van der Waals surface area contributed by atoms with Crippen LogP contribution in [0.15, 0.2) is 18.3 Å². The maximum Gasteiger partial charge on any atom is 0.310 e. The number of esters is 1. The number of nitrogens with zero attached hydrogens (tertiary/aromatic N) is 3. The van der Waals surface area contributed by atoms with Crippen LogP contribution in [0.3, 0.4) is 0 Å². The quantitative estimate of drug-likeness (QED) is 0.785. The lowest BCUT2D eigenvalue weighted by atomic mass is 9.97. The first-order valence-corrected chi connectivity index (χ1v) is 9.36. The lowest BCUT2D eigenvalue weighted by molar-refractivity contribution is -0.149. The Labute approximate surface area is 149 Å². The van der Waals surface area contributed by atoms with Gasteiger partial charge in [0.05, 0.1) is 18.1 Å². The van der Waals surface area contributed by atoms with Crippen LogP contribution in [0.2, 0.25) is 0 Å². The van der Waals surface area contributed by atoms with Crippen molar-refractivity contribution in [3.05, 3.63) is 23.9 Å². The van der Waals surface area contributed by atoms with Crippen LogP contribution in [0.5, 0.6) is 0 Å². The second-order valence-electron chi connectivity index (χ2n) is 6.80. The minimum absolute atomic E-state index is 0.0494. The van der Waals surface area contributed by atoms with E-state index in [1.807, 2.05) is 12.1 Å². The lowest BCUT2D eigenvalue weighted by Gasteiger charge is -2.31. The number of likely N-dealkylation sites (tertiary alicyclic amines) is 1. The lowest BCUT2D eigenvalue weighted by Crippen LogP contribution is -2.42. The molecule has 2 aliphatic rings. The second-order valence-corrected chi connectivity index (χ2v) is 6.80. The summed E-state index contributed by atoms with van der Waals surface area (Å²) in [5.74, 6) is 0.489. The molecule has 3 rings (SSSR count). The van der Waals surface area contributed by atoms with Gasteiger partial charge in [-0.1, -0.05) is 0 Å². The number of aromatic nitrogens is 1. The molecule has 2 fully saturated rings. The highest BCUT2D eigenvalue weighted by atomic mass is 16.5. The van der Waals surface area contributed by atoms with Gasteiger partial charge in [0.25, 0.3) is 5.91 Å². The zero-order valence-electron chi connectivity index (χ0n) is 14.9. The Morgan fingerprint density at radius 1 is 1.16 bits per heavy atom. The van der Waals surface area contributed by atoms with Gasteiger partial charge in [-0.15, -0.1) is 0 Å². The summed E-state index contributed by atoms with van der Waals surface area (Å²) in [7, 11) is 0. The number of rotatable bonds is 4. The number of carbonyl (C=O) groups is 2. The van der Waals surface area contributed by atoms with E-state index in [0.717, 1.165) is 31.7 Å². The largest absolute Gasteiger partial charge is 0.466 e. The Hall–Kier alpha value is -2.11. The molecule has 25 heavy (non-hydrogen) atoms. The van der Waals surface area contributed by atoms with E-state index in [1.54, 1.807) is 18.0 Å². The van der Waals surface area contributed by atoms with E-state index in [4.69, 9.17) is 4.74 Å². The van der Waals surface area contributed by atoms with E-state index < -0.39 is 0 Å². The maximum absolute atomic E-state index is 12.7. The molecule has 1 atom stereocenters. The van der Waals surface area contributed by atoms with Gasteiger partial charge in [0.1, 0.15) is 5.82 Å². The van der Waals surface area contributed by atoms with Gasteiger partial charge in [-0.2, -0.15) is 0 Å². The second kappa shape index (κ2) is 8.32. The van der Waals surface area contributed by atoms with Crippen molar-refractivity contribution in [1.82, 2.24) is 9.88 Å². The van der Waals surface area contributed by atoms with Gasteiger partial charge in [-0.05, 0) is 51.2 Å². The molecule has 1 aromatic rings. The predicted octanol–water partition coefficient (Wildman–Crippen LogP) is 2.49. The van der Waals surface area contributed by atoms with Crippen molar-refractivity contribution in [3.63, 3.8) is 0 Å². The highest BCUT2D eigenvalue weighted by Crippen LogP contribution is 2.21. The average Bonchev–Trinajstić information content (AvgIpc) is 2.68. The van der Waals surface area contributed by atoms with Gasteiger partial charge < -0.3 is 14.5 Å². The Morgan fingerprint density at radius 3 is 2.64 bits per heavy atom. The average molecular weight is 345 g/mol. The smallest absolute Gasteiger partial charge is 0.310 e. The number of pyridine rings is 1. The molecule has 0 spiro atoms. The first-order chi connectivity index (χ1) is 12.2. The fraction of sp³-hybridized carbons (Fsp3) is 0.632. The number of anilines is 1. The third-order valence-electron chi connectivity index (χ3n) is 5.00. The number of amides is 1. The van der Waals surface area contributed by atoms with Crippen LogP contribution in [-0.4, -0.2) is 54.5 Å². The molecule has 0 N–H and O–H groups in total. The van der Waals surface area contributed by atoms with Gasteiger partial charge in [0.15, 0.2) is 0 Å². The SMILES string of the molecule is CCOC(=O)C1CCCN(C(=O)c2ccc(N3CCCCC3)nc2)C1. The highest BCUT2D eigenvalue weighted by molar-refractivity contribution is 5.94. The fourth-order valence-electron chi connectivity index (χ4n) is 3.62. The summed E-state index contributed by atoms with van der Waals surface area (Å²) in [4.78, 5) is 33.2. The Morgan fingerprint density at radius 2 is 1.96 bits per heavy atom. The summed E-state index contributed by atoms with van der Waals surface area (Å²) >= 11 is 0. The highest BCUT2D eigenvalue weighted by Gasteiger charge is 2.30. The zero-order chi connectivity index (χ0) is 17.6. The molecule has 1 amide bonds. The van der Waals surface area contributed by atoms with Crippen LogP contribution in [0, 0.1) is 5.92 Å².